The second-order valence-corrected chi connectivity index (χ2v) is 4.93. The Balaban J connectivity index is 2.12. The molecule has 1 fully saturated rings. The van der Waals surface area contributed by atoms with Gasteiger partial charge in [0.05, 0.1) is 6.42 Å². The molecule has 2 aliphatic rings. The third kappa shape index (κ3) is 1.81. The SMILES string of the molecule is NC[C@@]1(CC(=O)O)CC2=CCCCC[C@@H]21. The highest BCUT2D eigenvalue weighted by atomic mass is 16.4. The number of carboxylic acids is 1. The van der Waals surface area contributed by atoms with Crippen LogP contribution in [0.1, 0.15) is 38.5 Å². The fraction of sp³-hybridized carbons (Fsp3) is 0.750. The van der Waals surface area contributed by atoms with Crippen molar-refractivity contribution in [2.45, 2.75) is 38.5 Å². The van der Waals surface area contributed by atoms with Gasteiger partial charge in [0.15, 0.2) is 0 Å². The number of hydrogen-bond donors (Lipinski definition) is 2. The van der Waals surface area contributed by atoms with E-state index in [1.165, 1.54) is 24.8 Å². The average molecular weight is 209 g/mol. The third-order valence-corrected chi connectivity index (χ3v) is 4.01. The molecule has 0 spiro atoms. The van der Waals surface area contributed by atoms with E-state index in [-0.39, 0.29) is 11.8 Å². The monoisotopic (exact) mass is 209 g/mol. The van der Waals surface area contributed by atoms with E-state index >= 15 is 0 Å². The third-order valence-electron chi connectivity index (χ3n) is 4.01. The Morgan fingerprint density at radius 3 is 3.07 bits per heavy atom. The van der Waals surface area contributed by atoms with Gasteiger partial charge in [0.25, 0.3) is 0 Å². The van der Waals surface area contributed by atoms with E-state index in [4.69, 9.17) is 10.8 Å². The maximum atomic E-state index is 10.9. The summed E-state index contributed by atoms with van der Waals surface area (Å²) in [4.78, 5) is 10.9. The first-order chi connectivity index (χ1) is 7.18. The van der Waals surface area contributed by atoms with Gasteiger partial charge >= 0.3 is 5.97 Å². The molecule has 2 atom stereocenters. The molecule has 0 amide bonds. The van der Waals surface area contributed by atoms with Gasteiger partial charge in [0, 0.05) is 5.41 Å². The van der Waals surface area contributed by atoms with Crippen molar-refractivity contribution >= 4 is 5.97 Å². The molecule has 0 radical (unpaired) electrons. The molecule has 0 saturated heterocycles. The summed E-state index contributed by atoms with van der Waals surface area (Å²) in [6, 6.07) is 0. The summed E-state index contributed by atoms with van der Waals surface area (Å²) in [7, 11) is 0. The van der Waals surface area contributed by atoms with Crippen molar-refractivity contribution in [2.24, 2.45) is 17.1 Å². The van der Waals surface area contributed by atoms with Gasteiger partial charge in [-0.1, -0.05) is 18.1 Å². The average Bonchev–Trinajstić information content (AvgIpc) is 2.36. The van der Waals surface area contributed by atoms with Gasteiger partial charge < -0.3 is 10.8 Å². The summed E-state index contributed by atoms with van der Waals surface area (Å²) in [6.45, 7) is 0.515. The minimum atomic E-state index is -0.705. The molecule has 0 aromatic rings. The van der Waals surface area contributed by atoms with Crippen molar-refractivity contribution in [3.8, 4) is 0 Å². The Kier molecular flexibility index (Phi) is 2.83. The van der Waals surface area contributed by atoms with E-state index in [0.29, 0.717) is 12.5 Å². The van der Waals surface area contributed by atoms with Crippen molar-refractivity contribution in [3.63, 3.8) is 0 Å². The maximum absolute atomic E-state index is 10.9. The number of rotatable bonds is 3. The lowest BCUT2D eigenvalue weighted by molar-refractivity contribution is -0.141. The van der Waals surface area contributed by atoms with Crippen LogP contribution in [0, 0.1) is 11.3 Å². The predicted molar refractivity (Wildman–Crippen MR) is 58.4 cm³/mol. The van der Waals surface area contributed by atoms with E-state index in [1.54, 1.807) is 0 Å². The standard InChI is InChI=1S/C12H19NO2/c13-8-12(7-11(14)15)6-9-4-2-1-3-5-10(9)12/h4,10H,1-3,5-8,13H2,(H,14,15)/t10-,12-/m0/s1. The molecule has 0 aromatic carbocycles. The first-order valence-corrected chi connectivity index (χ1v) is 5.79. The number of carboxylic acid groups (broad SMARTS) is 1. The number of carbonyl (C=O) groups is 1. The topological polar surface area (TPSA) is 63.3 Å². The molecular weight excluding hydrogens is 190 g/mol. The first-order valence-electron chi connectivity index (χ1n) is 5.79. The zero-order chi connectivity index (χ0) is 10.9. The molecule has 3 N–H and O–H groups in total. The molecule has 84 valence electrons. The summed E-state index contributed by atoms with van der Waals surface area (Å²) >= 11 is 0. The molecule has 0 unspecified atom stereocenters. The van der Waals surface area contributed by atoms with Crippen LogP contribution in [0.2, 0.25) is 0 Å². The van der Waals surface area contributed by atoms with Crippen LogP contribution in [-0.4, -0.2) is 17.6 Å². The van der Waals surface area contributed by atoms with Crippen molar-refractivity contribution < 1.29 is 9.90 Å². The minimum Gasteiger partial charge on any atom is -0.481 e. The van der Waals surface area contributed by atoms with E-state index < -0.39 is 5.97 Å². The van der Waals surface area contributed by atoms with E-state index in [0.717, 1.165) is 12.8 Å². The summed E-state index contributed by atoms with van der Waals surface area (Å²) in [5, 5.41) is 8.93. The Hall–Kier alpha value is -0.830. The molecule has 3 heteroatoms. The van der Waals surface area contributed by atoms with Crippen molar-refractivity contribution in [1.29, 1.82) is 0 Å². The number of hydrogen-bond acceptors (Lipinski definition) is 2. The highest BCUT2D eigenvalue weighted by Crippen LogP contribution is 2.55. The van der Waals surface area contributed by atoms with E-state index in [9.17, 15) is 4.79 Å². The van der Waals surface area contributed by atoms with Crippen LogP contribution < -0.4 is 5.73 Å². The smallest absolute Gasteiger partial charge is 0.303 e. The zero-order valence-corrected chi connectivity index (χ0v) is 9.04. The van der Waals surface area contributed by atoms with Crippen molar-refractivity contribution in [1.82, 2.24) is 0 Å². The Morgan fingerprint density at radius 2 is 2.40 bits per heavy atom. The van der Waals surface area contributed by atoms with Gasteiger partial charge in [0.2, 0.25) is 0 Å². The molecular formula is C12H19NO2. The predicted octanol–water partition coefficient (Wildman–Crippen LogP) is 1.93. The molecule has 15 heavy (non-hydrogen) atoms. The van der Waals surface area contributed by atoms with Crippen LogP contribution in [-0.2, 0) is 4.79 Å². The van der Waals surface area contributed by atoms with Gasteiger partial charge in [-0.3, -0.25) is 4.79 Å². The van der Waals surface area contributed by atoms with Gasteiger partial charge in [-0.2, -0.15) is 0 Å². The summed E-state index contributed by atoms with van der Waals surface area (Å²) in [6.07, 6.45) is 8.23. The van der Waals surface area contributed by atoms with Crippen molar-refractivity contribution in [3.05, 3.63) is 11.6 Å². The van der Waals surface area contributed by atoms with Crippen molar-refractivity contribution in [2.75, 3.05) is 6.54 Å². The van der Waals surface area contributed by atoms with Crippen LogP contribution in [0.5, 0.6) is 0 Å². The summed E-state index contributed by atoms with van der Waals surface area (Å²) in [5.74, 6) is -0.246. The fourth-order valence-corrected chi connectivity index (χ4v) is 3.17. The van der Waals surface area contributed by atoms with Crippen LogP contribution in [0.3, 0.4) is 0 Å². The quantitative estimate of drug-likeness (QED) is 0.698. The lowest BCUT2D eigenvalue weighted by Crippen LogP contribution is -2.49. The summed E-state index contributed by atoms with van der Waals surface area (Å²) in [5.41, 5.74) is 7.13. The van der Waals surface area contributed by atoms with Gasteiger partial charge in [-0.15, -0.1) is 0 Å². The highest BCUT2D eigenvalue weighted by Gasteiger charge is 2.50. The normalized spacial score (nSPS) is 34.7. The molecule has 0 heterocycles. The Bertz CT molecular complexity index is 298. The number of allylic oxidation sites excluding steroid dienone is 2. The van der Waals surface area contributed by atoms with Gasteiger partial charge in [0.1, 0.15) is 0 Å². The number of nitrogens with two attached hydrogens (primary N) is 1. The second-order valence-electron chi connectivity index (χ2n) is 4.93. The Labute approximate surface area is 90.3 Å². The maximum Gasteiger partial charge on any atom is 0.303 e. The van der Waals surface area contributed by atoms with Crippen LogP contribution in [0.4, 0.5) is 0 Å². The van der Waals surface area contributed by atoms with Crippen LogP contribution in [0.15, 0.2) is 11.6 Å². The molecule has 2 rings (SSSR count). The number of fused-ring (bicyclic) bond motifs is 1. The highest BCUT2D eigenvalue weighted by molar-refractivity contribution is 5.68. The van der Waals surface area contributed by atoms with Gasteiger partial charge in [-0.25, -0.2) is 0 Å². The molecule has 1 saturated carbocycles. The first kappa shape index (κ1) is 10.7. The molecule has 0 aliphatic heterocycles. The lowest BCUT2D eigenvalue weighted by atomic mass is 9.54. The number of aliphatic carboxylic acids is 1. The lowest BCUT2D eigenvalue weighted by Gasteiger charge is -2.50. The fourth-order valence-electron chi connectivity index (χ4n) is 3.17. The molecule has 2 aliphatic carbocycles. The molecule has 0 aromatic heterocycles. The second kappa shape index (κ2) is 3.97. The van der Waals surface area contributed by atoms with E-state index in [2.05, 4.69) is 6.08 Å². The minimum absolute atomic E-state index is 0.123. The molecule has 3 nitrogen and oxygen atoms in total. The molecule has 0 bridgehead atoms. The van der Waals surface area contributed by atoms with E-state index in [1.807, 2.05) is 0 Å². The van der Waals surface area contributed by atoms with Crippen LogP contribution in [0.25, 0.3) is 0 Å². The summed E-state index contributed by atoms with van der Waals surface area (Å²) < 4.78 is 0. The Morgan fingerprint density at radius 1 is 1.60 bits per heavy atom. The zero-order valence-electron chi connectivity index (χ0n) is 9.04. The largest absolute Gasteiger partial charge is 0.481 e. The van der Waals surface area contributed by atoms with Crippen LogP contribution >= 0.6 is 0 Å². The van der Waals surface area contributed by atoms with Gasteiger partial charge in [-0.05, 0) is 38.1 Å².